The van der Waals surface area contributed by atoms with Crippen molar-refractivity contribution >= 4 is 34.0 Å². The van der Waals surface area contributed by atoms with Gasteiger partial charge in [0.15, 0.2) is 0 Å². The smallest absolute Gasteiger partial charge is 0.243 e. The SMILES string of the molecule is CCOc1ccc(S(=O)(=O)N(CC)CC)cc1NC(=O)C1CCCC(N)C1.Cl. The minimum atomic E-state index is -3.62. The molecule has 0 bridgehead atoms. The second-order valence-corrected chi connectivity index (χ2v) is 8.73. The van der Waals surface area contributed by atoms with Crippen molar-refractivity contribution in [1.82, 2.24) is 4.31 Å². The van der Waals surface area contributed by atoms with Crippen LogP contribution in [-0.4, -0.2) is 44.4 Å². The molecule has 7 nitrogen and oxygen atoms in total. The van der Waals surface area contributed by atoms with Crippen LogP contribution in [0.2, 0.25) is 0 Å². The molecule has 0 spiro atoms. The third-order valence-corrected chi connectivity index (χ3v) is 6.98. The molecular weight excluding hydrogens is 402 g/mol. The zero-order valence-corrected chi connectivity index (χ0v) is 18.4. The molecule has 1 fully saturated rings. The maximum Gasteiger partial charge on any atom is 0.243 e. The lowest BCUT2D eigenvalue weighted by atomic mass is 9.85. The van der Waals surface area contributed by atoms with E-state index in [4.69, 9.17) is 10.5 Å². The molecule has 2 atom stereocenters. The van der Waals surface area contributed by atoms with E-state index < -0.39 is 10.0 Å². The lowest BCUT2D eigenvalue weighted by Crippen LogP contribution is -2.34. The number of hydrogen-bond donors (Lipinski definition) is 2. The number of benzene rings is 1. The lowest BCUT2D eigenvalue weighted by Gasteiger charge is -2.26. The zero-order chi connectivity index (χ0) is 20.0. The van der Waals surface area contributed by atoms with Gasteiger partial charge in [0.1, 0.15) is 5.75 Å². The molecule has 1 aliphatic carbocycles. The van der Waals surface area contributed by atoms with Crippen LogP contribution in [-0.2, 0) is 14.8 Å². The summed E-state index contributed by atoms with van der Waals surface area (Å²) in [5.74, 6) is 0.166. The third-order valence-electron chi connectivity index (χ3n) is 4.94. The molecule has 0 radical (unpaired) electrons. The molecule has 1 aliphatic rings. The number of rotatable bonds is 8. The number of nitrogens with one attached hydrogen (secondary N) is 1. The molecular formula is C19H32ClN3O4S. The fourth-order valence-electron chi connectivity index (χ4n) is 3.46. The summed E-state index contributed by atoms with van der Waals surface area (Å²) in [4.78, 5) is 12.8. The average molecular weight is 434 g/mol. The van der Waals surface area contributed by atoms with Gasteiger partial charge in [-0.05, 0) is 44.4 Å². The van der Waals surface area contributed by atoms with Gasteiger partial charge in [0.05, 0.1) is 17.2 Å². The standard InChI is InChI=1S/C19H31N3O4S.ClH/c1-4-22(5-2)27(24,25)16-10-11-18(26-6-3)17(13-16)21-19(23)14-8-7-9-15(20)12-14;/h10-11,13-15H,4-9,12,20H2,1-3H3,(H,21,23);1H. The van der Waals surface area contributed by atoms with Gasteiger partial charge in [0.25, 0.3) is 0 Å². The summed E-state index contributed by atoms with van der Waals surface area (Å²) in [6.45, 7) is 6.61. The fourth-order valence-corrected chi connectivity index (χ4v) is 4.95. The highest BCUT2D eigenvalue weighted by Crippen LogP contribution is 2.31. The van der Waals surface area contributed by atoms with Crippen LogP contribution in [0.3, 0.4) is 0 Å². The van der Waals surface area contributed by atoms with Crippen LogP contribution < -0.4 is 15.8 Å². The van der Waals surface area contributed by atoms with Crippen LogP contribution in [0.1, 0.15) is 46.5 Å². The number of sulfonamides is 1. The Morgan fingerprint density at radius 3 is 2.50 bits per heavy atom. The molecule has 2 unspecified atom stereocenters. The molecule has 0 saturated heterocycles. The van der Waals surface area contributed by atoms with Crippen molar-refractivity contribution in [1.29, 1.82) is 0 Å². The Labute approximate surface area is 174 Å². The summed E-state index contributed by atoms with van der Waals surface area (Å²) in [6.07, 6.45) is 3.30. The lowest BCUT2D eigenvalue weighted by molar-refractivity contribution is -0.120. The summed E-state index contributed by atoms with van der Waals surface area (Å²) in [5.41, 5.74) is 6.37. The van der Waals surface area contributed by atoms with E-state index >= 15 is 0 Å². The summed E-state index contributed by atoms with van der Waals surface area (Å²) in [5, 5.41) is 2.87. The van der Waals surface area contributed by atoms with Crippen LogP contribution in [0, 0.1) is 5.92 Å². The Bertz CT molecular complexity index is 754. The Morgan fingerprint density at radius 2 is 1.93 bits per heavy atom. The van der Waals surface area contributed by atoms with E-state index in [0.29, 0.717) is 37.6 Å². The van der Waals surface area contributed by atoms with E-state index in [1.807, 2.05) is 6.92 Å². The molecule has 9 heteroatoms. The summed E-state index contributed by atoms with van der Waals surface area (Å²) < 4.78 is 32.6. The predicted octanol–water partition coefficient (Wildman–Crippen LogP) is 2.99. The topological polar surface area (TPSA) is 102 Å². The van der Waals surface area contributed by atoms with Crippen LogP contribution in [0.25, 0.3) is 0 Å². The van der Waals surface area contributed by atoms with Gasteiger partial charge in [0.2, 0.25) is 15.9 Å². The van der Waals surface area contributed by atoms with Gasteiger partial charge < -0.3 is 15.8 Å². The second-order valence-electron chi connectivity index (χ2n) is 6.79. The number of hydrogen-bond acceptors (Lipinski definition) is 5. The number of carbonyl (C=O) groups excluding carboxylic acids is 1. The summed E-state index contributed by atoms with van der Waals surface area (Å²) >= 11 is 0. The zero-order valence-electron chi connectivity index (χ0n) is 16.8. The minimum absolute atomic E-state index is 0. The van der Waals surface area contributed by atoms with Crippen molar-refractivity contribution in [3.8, 4) is 5.75 Å². The monoisotopic (exact) mass is 433 g/mol. The first kappa shape index (κ1) is 24.7. The van der Waals surface area contributed by atoms with Crippen molar-refractivity contribution in [3.05, 3.63) is 18.2 Å². The maximum atomic E-state index is 12.8. The van der Waals surface area contributed by atoms with Crippen molar-refractivity contribution < 1.29 is 17.9 Å². The highest BCUT2D eigenvalue weighted by Gasteiger charge is 2.27. The highest BCUT2D eigenvalue weighted by molar-refractivity contribution is 7.89. The number of carbonyl (C=O) groups is 1. The Hall–Kier alpha value is -1.35. The normalized spacial score (nSPS) is 19.8. The van der Waals surface area contributed by atoms with Gasteiger partial charge in [0, 0.05) is 25.0 Å². The molecule has 1 amide bonds. The van der Waals surface area contributed by atoms with Gasteiger partial charge in [-0.2, -0.15) is 4.31 Å². The van der Waals surface area contributed by atoms with Gasteiger partial charge in [-0.3, -0.25) is 4.79 Å². The van der Waals surface area contributed by atoms with Crippen molar-refractivity contribution in [3.63, 3.8) is 0 Å². The first-order valence-corrected chi connectivity index (χ1v) is 11.1. The van der Waals surface area contributed by atoms with E-state index in [0.717, 1.165) is 19.3 Å². The number of amides is 1. The highest BCUT2D eigenvalue weighted by atomic mass is 35.5. The molecule has 1 aromatic rings. The molecule has 1 aromatic carbocycles. The molecule has 28 heavy (non-hydrogen) atoms. The predicted molar refractivity (Wildman–Crippen MR) is 114 cm³/mol. The number of anilines is 1. The van der Waals surface area contributed by atoms with Crippen LogP contribution in [0.15, 0.2) is 23.1 Å². The van der Waals surface area contributed by atoms with Gasteiger partial charge >= 0.3 is 0 Å². The van der Waals surface area contributed by atoms with E-state index in [1.165, 1.54) is 16.4 Å². The van der Waals surface area contributed by atoms with Crippen molar-refractivity contribution in [2.75, 3.05) is 25.0 Å². The number of halogens is 1. The fraction of sp³-hybridized carbons (Fsp3) is 0.632. The second kappa shape index (κ2) is 11.0. The van der Waals surface area contributed by atoms with Crippen molar-refractivity contribution in [2.24, 2.45) is 11.7 Å². The number of nitrogens with two attached hydrogens (primary N) is 1. The van der Waals surface area contributed by atoms with Gasteiger partial charge in [-0.25, -0.2) is 8.42 Å². The van der Waals surface area contributed by atoms with Gasteiger partial charge in [-0.1, -0.05) is 20.3 Å². The molecule has 3 N–H and O–H groups in total. The first-order valence-electron chi connectivity index (χ1n) is 9.66. The molecule has 1 saturated carbocycles. The Morgan fingerprint density at radius 1 is 1.25 bits per heavy atom. The third kappa shape index (κ3) is 5.83. The number of ether oxygens (including phenoxy) is 1. The average Bonchev–Trinajstić information content (AvgIpc) is 2.64. The van der Waals surface area contributed by atoms with Crippen LogP contribution in [0.4, 0.5) is 5.69 Å². The first-order chi connectivity index (χ1) is 12.8. The van der Waals surface area contributed by atoms with E-state index in [9.17, 15) is 13.2 Å². The summed E-state index contributed by atoms with van der Waals surface area (Å²) in [6, 6.07) is 4.64. The maximum absolute atomic E-state index is 12.8. The Balaban J connectivity index is 0.00000392. The molecule has 2 rings (SSSR count). The largest absolute Gasteiger partial charge is 0.492 e. The molecule has 160 valence electrons. The number of nitrogens with zero attached hydrogens (tertiary/aromatic N) is 1. The van der Waals surface area contributed by atoms with Crippen LogP contribution in [0.5, 0.6) is 5.75 Å². The van der Waals surface area contributed by atoms with E-state index in [-0.39, 0.29) is 35.2 Å². The van der Waals surface area contributed by atoms with E-state index in [2.05, 4.69) is 5.32 Å². The van der Waals surface area contributed by atoms with E-state index in [1.54, 1.807) is 19.9 Å². The molecule has 0 heterocycles. The van der Waals surface area contributed by atoms with Gasteiger partial charge in [-0.15, -0.1) is 12.4 Å². The van der Waals surface area contributed by atoms with Crippen LogP contribution >= 0.6 is 12.4 Å². The van der Waals surface area contributed by atoms with Crippen molar-refractivity contribution in [2.45, 2.75) is 57.4 Å². The summed E-state index contributed by atoms with van der Waals surface area (Å²) in [7, 11) is -3.62. The Kier molecular flexibility index (Phi) is 9.69. The molecule has 0 aliphatic heterocycles. The quantitative estimate of drug-likeness (QED) is 0.656. The minimum Gasteiger partial charge on any atom is -0.492 e. The molecule has 0 aromatic heterocycles.